The summed E-state index contributed by atoms with van der Waals surface area (Å²) in [6.45, 7) is 1.55. The molecule has 1 aromatic carbocycles. The molecular weight excluding hydrogens is 316 g/mol. The summed E-state index contributed by atoms with van der Waals surface area (Å²) in [6, 6.07) is 12.4. The zero-order chi connectivity index (χ0) is 17.6. The second kappa shape index (κ2) is 7.98. The van der Waals surface area contributed by atoms with Gasteiger partial charge in [-0.2, -0.15) is 0 Å². The van der Waals surface area contributed by atoms with E-state index in [1.807, 2.05) is 54.5 Å². The molecule has 0 aliphatic carbocycles. The molecule has 6 nitrogen and oxygen atoms in total. The van der Waals surface area contributed by atoms with Gasteiger partial charge < -0.3 is 9.47 Å². The Morgan fingerprint density at radius 2 is 1.72 bits per heavy atom. The van der Waals surface area contributed by atoms with Crippen LogP contribution in [-0.4, -0.2) is 34.4 Å². The van der Waals surface area contributed by atoms with Gasteiger partial charge in [0, 0.05) is 26.3 Å². The number of carbonyl (C=O) groups is 2. The van der Waals surface area contributed by atoms with E-state index in [1.165, 1.54) is 0 Å². The summed E-state index contributed by atoms with van der Waals surface area (Å²) >= 11 is 0. The first-order valence-electron chi connectivity index (χ1n) is 8.68. The van der Waals surface area contributed by atoms with Gasteiger partial charge in [-0.25, -0.2) is 5.43 Å². The Morgan fingerprint density at radius 3 is 2.36 bits per heavy atom. The average Bonchev–Trinajstić information content (AvgIpc) is 3.09. The quantitative estimate of drug-likeness (QED) is 0.819. The van der Waals surface area contributed by atoms with Gasteiger partial charge in [0.05, 0.1) is 0 Å². The smallest absolute Gasteiger partial charge is 0.282 e. The van der Waals surface area contributed by atoms with Crippen molar-refractivity contribution < 1.29 is 9.59 Å². The first kappa shape index (κ1) is 17.2. The maximum atomic E-state index is 13.0. The molecule has 25 heavy (non-hydrogen) atoms. The highest BCUT2D eigenvalue weighted by Crippen LogP contribution is 2.18. The predicted molar refractivity (Wildman–Crippen MR) is 95.6 cm³/mol. The highest BCUT2D eigenvalue weighted by atomic mass is 16.2. The molecule has 1 aliphatic heterocycles. The summed E-state index contributed by atoms with van der Waals surface area (Å²) in [5.74, 6) is -0.266. The van der Waals surface area contributed by atoms with Crippen molar-refractivity contribution in [2.24, 2.45) is 7.05 Å². The predicted octanol–water partition coefficient (Wildman–Crippen LogP) is 2.01. The molecule has 0 bridgehead atoms. The maximum Gasteiger partial charge on any atom is 0.282 e. The molecule has 2 amide bonds. The number of nitrogens with zero attached hydrogens (tertiary/aromatic N) is 2. The van der Waals surface area contributed by atoms with E-state index in [1.54, 1.807) is 10.6 Å². The fraction of sp³-hybridized carbons (Fsp3) is 0.368. The summed E-state index contributed by atoms with van der Waals surface area (Å²) < 4.78 is 1.74. The number of piperidine rings is 1. The summed E-state index contributed by atoms with van der Waals surface area (Å²) in [5.41, 5.74) is 7.00. The van der Waals surface area contributed by atoms with Crippen molar-refractivity contribution >= 4 is 11.8 Å². The van der Waals surface area contributed by atoms with Crippen LogP contribution in [0.4, 0.5) is 0 Å². The molecule has 3 rings (SSSR count). The Bertz CT molecular complexity index is 720. The maximum absolute atomic E-state index is 13.0. The molecule has 0 spiro atoms. The number of likely N-dealkylation sites (tertiary alicyclic amines) is 1. The van der Waals surface area contributed by atoms with Crippen LogP contribution in [-0.2, 0) is 11.8 Å². The Kier molecular flexibility index (Phi) is 5.50. The number of amides is 2. The van der Waals surface area contributed by atoms with Crippen molar-refractivity contribution in [2.75, 3.05) is 13.1 Å². The first-order chi connectivity index (χ1) is 12.2. The van der Waals surface area contributed by atoms with Crippen LogP contribution in [0.1, 0.15) is 41.4 Å². The van der Waals surface area contributed by atoms with E-state index < -0.39 is 6.04 Å². The number of benzene rings is 1. The lowest BCUT2D eigenvalue weighted by atomic mass is 10.0. The van der Waals surface area contributed by atoms with Crippen LogP contribution in [0.5, 0.6) is 0 Å². The highest BCUT2D eigenvalue weighted by molar-refractivity contribution is 5.93. The van der Waals surface area contributed by atoms with E-state index in [-0.39, 0.29) is 11.8 Å². The largest absolute Gasteiger partial charge is 0.347 e. The van der Waals surface area contributed by atoms with Crippen LogP contribution in [0.2, 0.25) is 0 Å². The monoisotopic (exact) mass is 340 g/mol. The van der Waals surface area contributed by atoms with Crippen molar-refractivity contribution in [1.29, 1.82) is 0 Å². The number of hydrazine groups is 1. The number of hydrogen-bond acceptors (Lipinski definition) is 3. The number of nitrogens with one attached hydrogen (secondary N) is 2. The number of rotatable bonds is 5. The zero-order valence-corrected chi connectivity index (χ0v) is 14.4. The van der Waals surface area contributed by atoms with Gasteiger partial charge in [-0.1, -0.05) is 30.3 Å². The third-order valence-electron chi connectivity index (χ3n) is 4.55. The van der Waals surface area contributed by atoms with Gasteiger partial charge in [0.1, 0.15) is 11.7 Å². The van der Waals surface area contributed by atoms with E-state index in [9.17, 15) is 9.59 Å². The normalized spacial score (nSPS) is 15.6. The SMILES string of the molecule is Cn1cccc1C(=O)NN[C@H](C(=O)N1CCCCC1)c1ccccc1. The molecule has 2 heterocycles. The summed E-state index contributed by atoms with van der Waals surface area (Å²) in [5, 5.41) is 0. The van der Waals surface area contributed by atoms with Crippen LogP contribution in [0, 0.1) is 0 Å². The lowest BCUT2D eigenvalue weighted by Gasteiger charge is -2.31. The molecule has 2 N–H and O–H groups in total. The van der Waals surface area contributed by atoms with Crippen LogP contribution in [0.3, 0.4) is 0 Å². The number of carbonyl (C=O) groups excluding carboxylic acids is 2. The van der Waals surface area contributed by atoms with Gasteiger partial charge in [-0.3, -0.25) is 15.0 Å². The van der Waals surface area contributed by atoms with Gasteiger partial charge in [-0.05, 0) is 37.0 Å². The topological polar surface area (TPSA) is 66.4 Å². The minimum Gasteiger partial charge on any atom is -0.347 e. The molecule has 1 aliphatic rings. The van der Waals surface area contributed by atoms with Crippen molar-refractivity contribution in [1.82, 2.24) is 20.3 Å². The van der Waals surface area contributed by atoms with Gasteiger partial charge in [-0.15, -0.1) is 0 Å². The zero-order valence-electron chi connectivity index (χ0n) is 14.4. The minimum absolute atomic E-state index is 0.00178. The van der Waals surface area contributed by atoms with E-state index in [4.69, 9.17) is 0 Å². The molecule has 132 valence electrons. The molecule has 1 aromatic heterocycles. The Hall–Kier alpha value is -2.60. The average molecular weight is 340 g/mol. The molecule has 1 fully saturated rings. The van der Waals surface area contributed by atoms with Crippen LogP contribution < -0.4 is 10.9 Å². The highest BCUT2D eigenvalue weighted by Gasteiger charge is 2.27. The van der Waals surface area contributed by atoms with Crippen LogP contribution in [0.15, 0.2) is 48.7 Å². The molecule has 2 aromatic rings. The van der Waals surface area contributed by atoms with Crippen molar-refractivity contribution in [3.05, 3.63) is 59.9 Å². The second-order valence-electron chi connectivity index (χ2n) is 6.33. The lowest BCUT2D eigenvalue weighted by Crippen LogP contribution is -2.49. The fourth-order valence-electron chi connectivity index (χ4n) is 3.13. The first-order valence-corrected chi connectivity index (χ1v) is 8.68. The van der Waals surface area contributed by atoms with E-state index in [0.29, 0.717) is 5.69 Å². The molecule has 0 radical (unpaired) electrons. The Labute approximate surface area is 147 Å². The van der Waals surface area contributed by atoms with Gasteiger partial charge >= 0.3 is 0 Å². The molecule has 0 saturated carbocycles. The number of hydrogen-bond donors (Lipinski definition) is 2. The summed E-state index contributed by atoms with van der Waals surface area (Å²) in [7, 11) is 1.81. The van der Waals surface area contributed by atoms with E-state index >= 15 is 0 Å². The molecule has 1 saturated heterocycles. The van der Waals surface area contributed by atoms with Crippen LogP contribution in [0.25, 0.3) is 0 Å². The number of aryl methyl sites for hydroxylation is 1. The van der Waals surface area contributed by atoms with Gasteiger partial charge in [0.25, 0.3) is 5.91 Å². The summed E-state index contributed by atoms with van der Waals surface area (Å²) in [4.78, 5) is 27.2. The second-order valence-corrected chi connectivity index (χ2v) is 6.33. The standard InChI is InChI=1S/C19H24N4O2/c1-22-12-8-11-16(22)18(24)21-20-17(15-9-4-2-5-10-15)19(25)23-13-6-3-7-14-23/h2,4-5,8-12,17,20H,3,6-7,13-14H2,1H3,(H,21,24)/t17-/m0/s1. The third kappa shape index (κ3) is 4.09. The van der Waals surface area contributed by atoms with Crippen LogP contribution >= 0.6 is 0 Å². The minimum atomic E-state index is -0.594. The number of aromatic nitrogens is 1. The summed E-state index contributed by atoms with van der Waals surface area (Å²) in [6.07, 6.45) is 5.03. The molecule has 1 atom stereocenters. The van der Waals surface area contributed by atoms with E-state index in [2.05, 4.69) is 10.9 Å². The third-order valence-corrected chi connectivity index (χ3v) is 4.55. The molecule has 0 unspecified atom stereocenters. The Balaban J connectivity index is 1.73. The van der Waals surface area contributed by atoms with Crippen molar-refractivity contribution in [2.45, 2.75) is 25.3 Å². The van der Waals surface area contributed by atoms with Crippen molar-refractivity contribution in [3.8, 4) is 0 Å². The lowest BCUT2D eigenvalue weighted by molar-refractivity contribution is -0.134. The molecule has 6 heteroatoms. The van der Waals surface area contributed by atoms with Crippen molar-refractivity contribution in [3.63, 3.8) is 0 Å². The molecular formula is C19H24N4O2. The van der Waals surface area contributed by atoms with Gasteiger partial charge in [0.2, 0.25) is 5.91 Å². The Morgan fingerprint density at radius 1 is 1.00 bits per heavy atom. The van der Waals surface area contributed by atoms with Gasteiger partial charge in [0.15, 0.2) is 0 Å². The fourth-order valence-corrected chi connectivity index (χ4v) is 3.13. The van der Waals surface area contributed by atoms with E-state index in [0.717, 1.165) is 37.9 Å².